The highest BCUT2D eigenvalue weighted by molar-refractivity contribution is 7.71. The number of H-pyrrole nitrogens is 1. The molecule has 0 aliphatic heterocycles. The van der Waals surface area contributed by atoms with E-state index in [4.69, 9.17) is 17.3 Å². The van der Waals surface area contributed by atoms with Crippen molar-refractivity contribution in [2.24, 2.45) is 5.10 Å². The number of carbonyl (C=O) groups is 1. The lowest BCUT2D eigenvalue weighted by Crippen LogP contribution is -2.25. The van der Waals surface area contributed by atoms with Crippen molar-refractivity contribution in [3.63, 3.8) is 0 Å². The maximum absolute atomic E-state index is 12.2. The second-order valence-electron chi connectivity index (χ2n) is 4.55. The number of aromatic nitrogens is 3. The molecule has 0 fully saturated rings. The maximum atomic E-state index is 12.2. The van der Waals surface area contributed by atoms with Gasteiger partial charge in [0, 0.05) is 12.5 Å². The van der Waals surface area contributed by atoms with E-state index in [1.807, 2.05) is 0 Å². The molecule has 0 aliphatic carbocycles. The van der Waals surface area contributed by atoms with Crippen LogP contribution in [0.5, 0.6) is 0 Å². The number of carboxylic acid groups (broad SMARTS) is 1. The monoisotopic (exact) mass is 349 g/mol. The molecule has 2 N–H and O–H groups in total. The zero-order valence-electron chi connectivity index (χ0n) is 12.1. The molecule has 24 heavy (non-hydrogen) atoms. The second kappa shape index (κ2) is 7.37. The fourth-order valence-corrected chi connectivity index (χ4v) is 1.98. The number of hydrogen-bond acceptors (Lipinski definition) is 7. The lowest BCUT2D eigenvalue weighted by Gasteiger charge is -2.02. The highest BCUT2D eigenvalue weighted by Crippen LogP contribution is 2.15. The van der Waals surface area contributed by atoms with Gasteiger partial charge < -0.3 is 5.11 Å². The molecule has 0 saturated carbocycles. The topological polar surface area (TPSA) is 143 Å². The van der Waals surface area contributed by atoms with E-state index in [9.17, 15) is 19.7 Å². The Hall–Kier alpha value is -3.21. The smallest absolute Gasteiger partial charge is 0.303 e. The number of para-hydroxylation sites is 1. The van der Waals surface area contributed by atoms with Crippen LogP contribution in [-0.2, 0) is 11.2 Å². The third-order valence-electron chi connectivity index (χ3n) is 2.94. The van der Waals surface area contributed by atoms with Crippen molar-refractivity contribution in [3.8, 4) is 0 Å². The van der Waals surface area contributed by atoms with E-state index in [1.54, 1.807) is 6.07 Å². The van der Waals surface area contributed by atoms with Gasteiger partial charge in [-0.15, -0.1) is 0 Å². The molecular weight excluding hydrogens is 338 g/mol. The summed E-state index contributed by atoms with van der Waals surface area (Å²) in [6, 6.07) is 5.86. The quantitative estimate of drug-likeness (QED) is 0.344. The minimum atomic E-state index is -1.08. The first-order chi connectivity index (χ1) is 11.4. The Morgan fingerprint density at radius 3 is 2.88 bits per heavy atom. The molecule has 2 rings (SSSR count). The van der Waals surface area contributed by atoms with E-state index in [2.05, 4.69) is 15.3 Å². The average Bonchev–Trinajstić information content (AvgIpc) is 2.54. The van der Waals surface area contributed by atoms with Crippen molar-refractivity contribution in [2.45, 2.75) is 12.8 Å². The van der Waals surface area contributed by atoms with Gasteiger partial charge in [0.25, 0.3) is 11.2 Å². The van der Waals surface area contributed by atoms with Crippen LogP contribution in [0.15, 0.2) is 34.2 Å². The summed E-state index contributed by atoms with van der Waals surface area (Å²) in [5.74, 6) is -1.08. The molecule has 0 radical (unpaired) electrons. The Bertz CT molecular complexity index is 933. The first-order valence-electron chi connectivity index (χ1n) is 6.60. The van der Waals surface area contributed by atoms with Gasteiger partial charge in [-0.1, -0.05) is 12.1 Å². The van der Waals surface area contributed by atoms with E-state index in [0.717, 1.165) is 10.9 Å². The zero-order valence-corrected chi connectivity index (χ0v) is 12.9. The Morgan fingerprint density at radius 2 is 2.21 bits per heavy atom. The molecule has 124 valence electrons. The van der Waals surface area contributed by atoms with Gasteiger partial charge in [0.15, 0.2) is 0 Å². The molecule has 0 saturated heterocycles. The summed E-state index contributed by atoms with van der Waals surface area (Å²) >= 11 is 4.92. The van der Waals surface area contributed by atoms with Gasteiger partial charge in [0.1, 0.15) is 5.69 Å². The minimum absolute atomic E-state index is 0.0503. The standard InChI is InChI=1S/C13H11N5O5S/c19-11(20)6-5-9-12(21)17(13(24)16-15-9)14-7-8-3-1-2-4-10(8)18(22)23/h1-4,7H,5-6H2,(H,16,24)(H,19,20)/b14-7-. The predicted molar refractivity (Wildman–Crippen MR) is 85.7 cm³/mol. The van der Waals surface area contributed by atoms with Crippen LogP contribution < -0.4 is 5.56 Å². The van der Waals surface area contributed by atoms with Gasteiger partial charge in [-0.05, 0) is 18.3 Å². The number of aliphatic carboxylic acids is 1. The van der Waals surface area contributed by atoms with E-state index in [-0.39, 0.29) is 34.6 Å². The lowest BCUT2D eigenvalue weighted by molar-refractivity contribution is -0.385. The lowest BCUT2D eigenvalue weighted by atomic mass is 10.2. The van der Waals surface area contributed by atoms with E-state index < -0.39 is 16.5 Å². The third kappa shape index (κ3) is 3.95. The molecule has 1 aromatic carbocycles. The van der Waals surface area contributed by atoms with Gasteiger partial charge in [0.2, 0.25) is 4.77 Å². The summed E-state index contributed by atoms with van der Waals surface area (Å²) in [4.78, 5) is 33.2. The fourth-order valence-electron chi connectivity index (χ4n) is 1.80. The second-order valence-corrected chi connectivity index (χ2v) is 4.93. The largest absolute Gasteiger partial charge is 0.481 e. The number of aromatic amines is 1. The molecule has 0 aliphatic rings. The Kier molecular flexibility index (Phi) is 5.27. The van der Waals surface area contributed by atoms with Crippen LogP contribution in [0.4, 0.5) is 5.69 Å². The summed E-state index contributed by atoms with van der Waals surface area (Å²) in [7, 11) is 0. The van der Waals surface area contributed by atoms with Gasteiger partial charge in [-0.25, -0.2) is 0 Å². The molecule has 0 atom stereocenters. The number of benzene rings is 1. The number of aryl methyl sites for hydroxylation is 1. The van der Waals surface area contributed by atoms with Crippen molar-refractivity contribution in [1.29, 1.82) is 0 Å². The molecule has 2 aromatic rings. The summed E-state index contributed by atoms with van der Waals surface area (Å²) < 4.78 is 0.685. The van der Waals surface area contributed by atoms with E-state index in [1.165, 1.54) is 18.2 Å². The minimum Gasteiger partial charge on any atom is -0.481 e. The van der Waals surface area contributed by atoms with Crippen LogP contribution in [-0.4, -0.2) is 37.1 Å². The highest BCUT2D eigenvalue weighted by atomic mass is 32.1. The van der Waals surface area contributed by atoms with Gasteiger partial charge >= 0.3 is 5.97 Å². The Balaban J connectivity index is 2.41. The zero-order chi connectivity index (χ0) is 17.7. The van der Waals surface area contributed by atoms with Crippen LogP contribution in [0.25, 0.3) is 0 Å². The van der Waals surface area contributed by atoms with Crippen molar-refractivity contribution in [1.82, 2.24) is 14.9 Å². The first kappa shape index (κ1) is 17.1. The van der Waals surface area contributed by atoms with E-state index >= 15 is 0 Å². The van der Waals surface area contributed by atoms with E-state index in [0.29, 0.717) is 0 Å². The molecule has 1 aromatic heterocycles. The molecule has 0 bridgehead atoms. The predicted octanol–water partition coefficient (Wildman–Crippen LogP) is 1.11. The fraction of sp³-hybridized carbons (Fsp3) is 0.154. The molecule has 0 unspecified atom stereocenters. The highest BCUT2D eigenvalue weighted by Gasteiger charge is 2.12. The number of rotatable bonds is 6. The Labute approximate surface area is 139 Å². The van der Waals surface area contributed by atoms with Crippen molar-refractivity contribution >= 4 is 30.1 Å². The summed E-state index contributed by atoms with van der Waals surface area (Å²) in [6.45, 7) is 0. The number of carboxylic acids is 1. The molecule has 1 heterocycles. The SMILES string of the molecule is O=C(O)CCc1n[nH]c(=S)n(/N=C\c2ccccc2[N+](=O)[O-])c1=O. The van der Waals surface area contributed by atoms with Gasteiger partial charge in [0.05, 0.1) is 23.1 Å². The number of hydrogen-bond donors (Lipinski definition) is 2. The van der Waals surface area contributed by atoms with Gasteiger partial charge in [-0.2, -0.15) is 14.9 Å². The summed E-state index contributed by atoms with van der Waals surface area (Å²) in [5.41, 5.74) is -0.724. The number of nitro groups is 1. The third-order valence-corrected chi connectivity index (χ3v) is 3.20. The number of nitro benzene ring substituents is 1. The van der Waals surface area contributed by atoms with Crippen molar-refractivity contribution in [2.75, 3.05) is 0 Å². The van der Waals surface area contributed by atoms with Crippen LogP contribution in [0.3, 0.4) is 0 Å². The van der Waals surface area contributed by atoms with Crippen LogP contribution in [0.1, 0.15) is 17.7 Å². The molecule has 10 nitrogen and oxygen atoms in total. The molecule has 11 heteroatoms. The van der Waals surface area contributed by atoms with Crippen LogP contribution in [0.2, 0.25) is 0 Å². The summed E-state index contributed by atoms with van der Waals surface area (Å²) in [6.07, 6.45) is 0.756. The van der Waals surface area contributed by atoms with Crippen molar-refractivity contribution in [3.05, 3.63) is 60.8 Å². The van der Waals surface area contributed by atoms with Gasteiger partial charge in [-0.3, -0.25) is 24.8 Å². The number of nitrogens with one attached hydrogen (secondary N) is 1. The summed E-state index contributed by atoms with van der Waals surface area (Å²) in [5, 5.41) is 29.6. The number of nitrogens with zero attached hydrogens (tertiary/aromatic N) is 4. The molecule has 0 amide bonds. The molecule has 0 spiro atoms. The van der Waals surface area contributed by atoms with Crippen LogP contribution >= 0.6 is 12.2 Å². The first-order valence-corrected chi connectivity index (χ1v) is 7.01. The maximum Gasteiger partial charge on any atom is 0.303 e. The average molecular weight is 349 g/mol. The molecular formula is C13H11N5O5S. The van der Waals surface area contributed by atoms with Crippen molar-refractivity contribution < 1.29 is 14.8 Å². The van der Waals surface area contributed by atoms with Crippen LogP contribution in [0, 0.1) is 14.9 Å². The normalized spacial score (nSPS) is 10.8. The Morgan fingerprint density at radius 1 is 1.50 bits per heavy atom.